The lowest BCUT2D eigenvalue weighted by molar-refractivity contribution is 0.136. The van der Waals surface area contributed by atoms with E-state index in [4.69, 9.17) is 4.74 Å². The highest BCUT2D eigenvalue weighted by atomic mass is 32.2. The monoisotopic (exact) mass is 301 g/mol. The largest absolute Gasteiger partial charge is 0.505 e. The summed E-state index contributed by atoms with van der Waals surface area (Å²) in [6.07, 6.45) is -0.416. The van der Waals surface area contributed by atoms with Crippen molar-refractivity contribution >= 4 is 15.7 Å². The molecule has 0 amide bonds. The van der Waals surface area contributed by atoms with Crippen LogP contribution in [0.3, 0.4) is 0 Å². The van der Waals surface area contributed by atoms with Crippen LogP contribution in [-0.4, -0.2) is 32.5 Å². The maximum absolute atomic E-state index is 12.0. The number of aromatic hydroxyl groups is 1. The second-order valence-corrected chi connectivity index (χ2v) is 7.65. The van der Waals surface area contributed by atoms with Gasteiger partial charge in [-0.2, -0.15) is 0 Å². The summed E-state index contributed by atoms with van der Waals surface area (Å²) >= 11 is 0. The van der Waals surface area contributed by atoms with Gasteiger partial charge < -0.3 is 9.84 Å². The summed E-state index contributed by atoms with van der Waals surface area (Å²) in [6.45, 7) is 7.53. The summed E-state index contributed by atoms with van der Waals surface area (Å²) in [4.78, 5) is 0. The zero-order chi connectivity index (χ0) is 15.6. The third-order valence-electron chi connectivity index (χ3n) is 2.97. The number of phenolic OH excluding ortho intramolecular Hbond substituents is 1. The van der Waals surface area contributed by atoms with Crippen molar-refractivity contribution < 1.29 is 18.3 Å². The Morgan fingerprint density at radius 2 is 1.95 bits per heavy atom. The van der Waals surface area contributed by atoms with Crippen molar-refractivity contribution in [3.05, 3.63) is 23.8 Å². The molecular formula is C14H23NO4S. The van der Waals surface area contributed by atoms with Crippen LogP contribution in [0.1, 0.15) is 33.3 Å². The standard InChI is InChI=1S/C14H23NO4S/c1-10(19-5)9-20(17,18)15-12-8-6-7-11(13(12)16)14(2,3)4/h6-8,10,15-16H,9H2,1-5H3. The van der Waals surface area contributed by atoms with Crippen molar-refractivity contribution in [1.82, 2.24) is 0 Å². The predicted octanol–water partition coefficient (Wildman–Crippen LogP) is 2.47. The van der Waals surface area contributed by atoms with E-state index in [0.29, 0.717) is 5.56 Å². The molecular weight excluding hydrogens is 278 g/mol. The van der Waals surface area contributed by atoms with Crippen LogP contribution in [0.15, 0.2) is 18.2 Å². The Balaban J connectivity index is 3.05. The third kappa shape index (κ3) is 4.38. The first kappa shape index (κ1) is 16.8. The fourth-order valence-corrected chi connectivity index (χ4v) is 3.15. The van der Waals surface area contributed by atoms with E-state index in [1.54, 1.807) is 25.1 Å². The molecule has 0 aromatic heterocycles. The molecule has 5 nitrogen and oxygen atoms in total. The van der Waals surface area contributed by atoms with Crippen LogP contribution < -0.4 is 4.72 Å². The van der Waals surface area contributed by atoms with E-state index in [-0.39, 0.29) is 22.6 Å². The van der Waals surface area contributed by atoms with Crippen LogP contribution in [0.5, 0.6) is 5.75 Å². The SMILES string of the molecule is COC(C)CS(=O)(=O)Nc1cccc(C(C)(C)C)c1O. The van der Waals surface area contributed by atoms with E-state index < -0.39 is 16.1 Å². The van der Waals surface area contributed by atoms with E-state index >= 15 is 0 Å². The molecule has 0 radical (unpaired) electrons. The first-order chi connectivity index (χ1) is 9.07. The van der Waals surface area contributed by atoms with Gasteiger partial charge in [0.15, 0.2) is 0 Å². The summed E-state index contributed by atoms with van der Waals surface area (Å²) in [5.41, 5.74) is 0.615. The van der Waals surface area contributed by atoms with Crippen molar-refractivity contribution in [2.45, 2.75) is 39.2 Å². The minimum atomic E-state index is -3.57. The van der Waals surface area contributed by atoms with Gasteiger partial charge in [0.2, 0.25) is 10.0 Å². The van der Waals surface area contributed by atoms with Gasteiger partial charge in [-0.1, -0.05) is 32.9 Å². The molecule has 0 saturated carbocycles. The predicted molar refractivity (Wildman–Crippen MR) is 80.7 cm³/mol. The van der Waals surface area contributed by atoms with Crippen LogP contribution in [0.2, 0.25) is 0 Å². The lowest BCUT2D eigenvalue weighted by atomic mass is 9.86. The van der Waals surface area contributed by atoms with Crippen LogP contribution >= 0.6 is 0 Å². The van der Waals surface area contributed by atoms with E-state index in [9.17, 15) is 13.5 Å². The molecule has 1 rings (SSSR count). The lowest BCUT2D eigenvalue weighted by Crippen LogP contribution is -2.25. The molecule has 0 spiro atoms. The number of hydrogen-bond donors (Lipinski definition) is 2. The molecule has 1 aromatic rings. The minimum Gasteiger partial charge on any atom is -0.505 e. The maximum atomic E-state index is 12.0. The van der Waals surface area contributed by atoms with Crippen LogP contribution in [0.25, 0.3) is 0 Å². The average Bonchev–Trinajstić information content (AvgIpc) is 2.29. The molecule has 1 atom stereocenters. The number of methoxy groups -OCH3 is 1. The van der Waals surface area contributed by atoms with Gasteiger partial charge in [-0.15, -0.1) is 0 Å². The second kappa shape index (κ2) is 6.01. The molecule has 1 aromatic carbocycles. The molecule has 20 heavy (non-hydrogen) atoms. The number of para-hydroxylation sites is 1. The van der Waals surface area contributed by atoms with Crippen molar-refractivity contribution in [2.24, 2.45) is 0 Å². The number of phenols is 1. The second-order valence-electron chi connectivity index (χ2n) is 5.88. The highest BCUT2D eigenvalue weighted by Gasteiger charge is 2.22. The Labute approximate surface area is 121 Å². The number of rotatable bonds is 5. The summed E-state index contributed by atoms with van der Waals surface area (Å²) in [5, 5.41) is 10.2. The van der Waals surface area contributed by atoms with E-state index in [1.165, 1.54) is 7.11 Å². The summed E-state index contributed by atoms with van der Waals surface area (Å²) in [6, 6.07) is 5.04. The van der Waals surface area contributed by atoms with Crippen molar-refractivity contribution in [2.75, 3.05) is 17.6 Å². The minimum absolute atomic E-state index is 0.0337. The molecule has 0 aliphatic carbocycles. The summed E-state index contributed by atoms with van der Waals surface area (Å²) in [5.74, 6) is -0.198. The quantitative estimate of drug-likeness (QED) is 0.819. The van der Waals surface area contributed by atoms with Gasteiger partial charge in [-0.3, -0.25) is 4.72 Å². The number of ether oxygens (including phenoxy) is 1. The van der Waals surface area contributed by atoms with E-state index in [2.05, 4.69) is 4.72 Å². The normalized spacial score (nSPS) is 14.1. The Hall–Kier alpha value is -1.27. The molecule has 2 N–H and O–H groups in total. The van der Waals surface area contributed by atoms with Gasteiger partial charge in [-0.05, 0) is 18.4 Å². The van der Waals surface area contributed by atoms with Crippen LogP contribution in [0.4, 0.5) is 5.69 Å². The fourth-order valence-electron chi connectivity index (χ4n) is 1.82. The molecule has 1 unspecified atom stereocenters. The fraction of sp³-hybridized carbons (Fsp3) is 0.571. The van der Waals surface area contributed by atoms with E-state index in [1.807, 2.05) is 20.8 Å². The molecule has 0 aliphatic heterocycles. The highest BCUT2D eigenvalue weighted by molar-refractivity contribution is 7.92. The Bertz CT molecular complexity index is 561. The highest BCUT2D eigenvalue weighted by Crippen LogP contribution is 2.36. The summed E-state index contributed by atoms with van der Waals surface area (Å²) < 4.78 is 31.3. The van der Waals surface area contributed by atoms with Gasteiger partial charge >= 0.3 is 0 Å². The van der Waals surface area contributed by atoms with Gasteiger partial charge in [0.05, 0.1) is 17.5 Å². The number of sulfonamides is 1. The van der Waals surface area contributed by atoms with Crippen LogP contribution in [-0.2, 0) is 20.2 Å². The van der Waals surface area contributed by atoms with Gasteiger partial charge in [0.1, 0.15) is 5.75 Å². The zero-order valence-electron chi connectivity index (χ0n) is 12.6. The lowest BCUT2D eigenvalue weighted by Gasteiger charge is -2.22. The number of nitrogens with one attached hydrogen (secondary N) is 1. The molecule has 0 bridgehead atoms. The topological polar surface area (TPSA) is 75.6 Å². The van der Waals surface area contributed by atoms with Crippen LogP contribution in [0, 0.1) is 0 Å². The molecule has 0 fully saturated rings. The smallest absolute Gasteiger partial charge is 0.235 e. The number of anilines is 1. The molecule has 0 saturated heterocycles. The first-order valence-electron chi connectivity index (χ1n) is 6.42. The maximum Gasteiger partial charge on any atom is 0.235 e. The number of hydrogen-bond acceptors (Lipinski definition) is 4. The average molecular weight is 301 g/mol. The molecule has 6 heteroatoms. The van der Waals surface area contributed by atoms with Gasteiger partial charge in [0, 0.05) is 12.7 Å². The molecule has 0 heterocycles. The number of benzene rings is 1. The third-order valence-corrected chi connectivity index (χ3v) is 4.41. The van der Waals surface area contributed by atoms with Gasteiger partial charge in [-0.25, -0.2) is 8.42 Å². The first-order valence-corrected chi connectivity index (χ1v) is 8.08. The Kier molecular flexibility index (Phi) is 5.05. The molecule has 0 aliphatic rings. The van der Waals surface area contributed by atoms with Crippen molar-refractivity contribution in [1.29, 1.82) is 0 Å². The Morgan fingerprint density at radius 3 is 2.45 bits per heavy atom. The van der Waals surface area contributed by atoms with Gasteiger partial charge in [0.25, 0.3) is 0 Å². The van der Waals surface area contributed by atoms with E-state index in [0.717, 1.165) is 0 Å². The molecule has 114 valence electrons. The summed E-state index contributed by atoms with van der Waals surface area (Å²) in [7, 11) is -2.11. The van der Waals surface area contributed by atoms with Crippen molar-refractivity contribution in [3.63, 3.8) is 0 Å². The van der Waals surface area contributed by atoms with Crippen molar-refractivity contribution in [3.8, 4) is 5.75 Å². The zero-order valence-corrected chi connectivity index (χ0v) is 13.4. The Morgan fingerprint density at radius 1 is 1.35 bits per heavy atom.